The molecule has 5 nitrogen and oxygen atoms in total. The molecule has 0 bridgehead atoms. The van der Waals surface area contributed by atoms with Crippen LogP contribution in [0.1, 0.15) is 0 Å². The van der Waals surface area contributed by atoms with Gasteiger partial charge in [-0.25, -0.2) is 15.0 Å². The minimum absolute atomic E-state index is 0.594. The van der Waals surface area contributed by atoms with E-state index in [4.69, 9.17) is 23.8 Å². The number of benzene rings is 8. The highest BCUT2D eigenvalue weighted by Crippen LogP contribution is 2.43. The van der Waals surface area contributed by atoms with Crippen molar-refractivity contribution < 1.29 is 8.83 Å². The summed E-state index contributed by atoms with van der Waals surface area (Å²) >= 11 is 0. The van der Waals surface area contributed by atoms with Crippen molar-refractivity contribution >= 4 is 54.6 Å². The van der Waals surface area contributed by atoms with Crippen molar-refractivity contribution in [3.63, 3.8) is 0 Å². The van der Waals surface area contributed by atoms with Gasteiger partial charge in [0.2, 0.25) is 0 Å². The number of fused-ring (bicyclic) bond motifs is 8. The highest BCUT2D eigenvalue weighted by Gasteiger charge is 2.20. The highest BCUT2D eigenvalue weighted by atomic mass is 16.3. The maximum Gasteiger partial charge on any atom is 0.164 e. The third-order valence-corrected chi connectivity index (χ3v) is 10.4. The quantitative estimate of drug-likeness (QED) is 0.180. The normalized spacial score (nSPS) is 11.7. The van der Waals surface area contributed by atoms with Gasteiger partial charge in [-0.3, -0.25) is 0 Å². The molecule has 8 aromatic carbocycles. The minimum Gasteiger partial charge on any atom is -0.456 e. The molecule has 0 N–H and O–H groups in total. The van der Waals surface area contributed by atoms with E-state index < -0.39 is 0 Å². The smallest absolute Gasteiger partial charge is 0.164 e. The van der Waals surface area contributed by atoms with Crippen molar-refractivity contribution in [3.05, 3.63) is 176 Å². The Labute approximate surface area is 309 Å². The Morgan fingerprint density at radius 1 is 0.296 bits per heavy atom. The Bertz CT molecular complexity index is 3200. The first-order valence-corrected chi connectivity index (χ1v) is 18.0. The van der Waals surface area contributed by atoms with Crippen LogP contribution in [0.4, 0.5) is 0 Å². The lowest BCUT2D eigenvalue weighted by Crippen LogP contribution is -2.00. The Morgan fingerprint density at radius 2 is 0.796 bits per heavy atom. The minimum atomic E-state index is 0.594. The van der Waals surface area contributed by atoms with E-state index in [0.717, 1.165) is 77.1 Å². The zero-order valence-electron chi connectivity index (χ0n) is 28.9. The number of nitrogens with zero attached hydrogens (tertiary/aromatic N) is 3. The summed E-state index contributed by atoms with van der Waals surface area (Å²) in [5.41, 5.74) is 10.6. The van der Waals surface area contributed by atoms with E-state index in [1.54, 1.807) is 0 Å². The largest absolute Gasteiger partial charge is 0.456 e. The Morgan fingerprint density at radius 3 is 1.54 bits per heavy atom. The van der Waals surface area contributed by atoms with E-state index in [-0.39, 0.29) is 0 Å². The number of para-hydroxylation sites is 1. The lowest BCUT2D eigenvalue weighted by molar-refractivity contribution is 0.669. The van der Waals surface area contributed by atoms with Crippen molar-refractivity contribution in [1.82, 2.24) is 15.0 Å². The summed E-state index contributed by atoms with van der Waals surface area (Å²) in [4.78, 5) is 15.2. The number of furan rings is 2. The molecule has 0 spiro atoms. The van der Waals surface area contributed by atoms with Crippen LogP contribution in [0.25, 0.3) is 111 Å². The first kappa shape index (κ1) is 30.3. The van der Waals surface area contributed by atoms with Gasteiger partial charge in [-0.1, -0.05) is 152 Å². The lowest BCUT2D eigenvalue weighted by Gasteiger charge is -2.10. The molecule has 0 radical (unpaired) electrons. The molecule has 0 aliphatic carbocycles. The van der Waals surface area contributed by atoms with Gasteiger partial charge in [0.1, 0.15) is 22.3 Å². The maximum absolute atomic E-state index is 6.64. The fourth-order valence-corrected chi connectivity index (χ4v) is 7.85. The molecule has 54 heavy (non-hydrogen) atoms. The fraction of sp³-hybridized carbons (Fsp3) is 0. The lowest BCUT2D eigenvalue weighted by atomic mass is 9.93. The maximum atomic E-state index is 6.64. The molecular weight excluding hydrogens is 663 g/mol. The average molecular weight is 692 g/mol. The molecule has 0 amide bonds. The van der Waals surface area contributed by atoms with E-state index in [1.165, 1.54) is 16.5 Å². The van der Waals surface area contributed by atoms with Crippen LogP contribution in [0.15, 0.2) is 185 Å². The zero-order valence-corrected chi connectivity index (χ0v) is 28.9. The average Bonchev–Trinajstić information content (AvgIpc) is 3.83. The zero-order chi connectivity index (χ0) is 35.6. The van der Waals surface area contributed by atoms with Crippen LogP contribution < -0.4 is 0 Å². The molecule has 0 saturated carbocycles. The summed E-state index contributed by atoms with van der Waals surface area (Å²) in [6, 6.07) is 60.4. The van der Waals surface area contributed by atoms with Crippen molar-refractivity contribution in [1.29, 1.82) is 0 Å². The van der Waals surface area contributed by atoms with Gasteiger partial charge in [-0.2, -0.15) is 0 Å². The van der Waals surface area contributed by atoms with Crippen LogP contribution in [0.2, 0.25) is 0 Å². The van der Waals surface area contributed by atoms with Crippen LogP contribution >= 0.6 is 0 Å². The van der Waals surface area contributed by atoms with Gasteiger partial charge in [0.05, 0.1) is 0 Å². The van der Waals surface area contributed by atoms with Crippen molar-refractivity contribution in [3.8, 4) is 56.4 Å². The van der Waals surface area contributed by atoms with E-state index in [1.807, 2.05) is 60.7 Å². The molecule has 11 rings (SSSR count). The topological polar surface area (TPSA) is 65.0 Å². The molecule has 0 fully saturated rings. The fourth-order valence-electron chi connectivity index (χ4n) is 7.85. The number of hydrogen-bond donors (Lipinski definition) is 0. The third kappa shape index (κ3) is 4.83. The van der Waals surface area contributed by atoms with Gasteiger partial charge < -0.3 is 8.83 Å². The predicted molar refractivity (Wildman–Crippen MR) is 219 cm³/mol. The number of aromatic nitrogens is 3. The van der Waals surface area contributed by atoms with Gasteiger partial charge in [0.25, 0.3) is 0 Å². The van der Waals surface area contributed by atoms with Crippen molar-refractivity contribution in [2.24, 2.45) is 0 Å². The Balaban J connectivity index is 1.07. The summed E-state index contributed by atoms with van der Waals surface area (Å²) in [7, 11) is 0. The van der Waals surface area contributed by atoms with Gasteiger partial charge in [-0.05, 0) is 51.9 Å². The monoisotopic (exact) mass is 691 g/mol. The van der Waals surface area contributed by atoms with Crippen LogP contribution in [0, 0.1) is 0 Å². The second-order valence-corrected chi connectivity index (χ2v) is 13.5. The van der Waals surface area contributed by atoms with Crippen LogP contribution in [0.5, 0.6) is 0 Å². The first-order chi connectivity index (χ1) is 26.8. The molecule has 3 aromatic heterocycles. The predicted octanol–water partition coefficient (Wildman–Crippen LogP) is 13.2. The molecule has 0 aliphatic heterocycles. The van der Waals surface area contributed by atoms with Gasteiger partial charge >= 0.3 is 0 Å². The molecule has 0 unspecified atom stereocenters. The second-order valence-electron chi connectivity index (χ2n) is 13.5. The Hall–Kier alpha value is -7.37. The van der Waals surface area contributed by atoms with Gasteiger partial charge in [0.15, 0.2) is 17.5 Å². The third-order valence-electron chi connectivity index (χ3n) is 10.4. The molecule has 0 atom stereocenters. The SMILES string of the molecule is c1ccc(-c2nc(-c3ccc(-c4cccc5oc6c7ccccc7c(-c7ccccc7)cc6c45)cc3)nc(-c3cccc4oc5ccccc5c34)n2)cc1. The second kappa shape index (κ2) is 12.1. The summed E-state index contributed by atoms with van der Waals surface area (Å²) in [5.74, 6) is 1.80. The van der Waals surface area contributed by atoms with E-state index in [9.17, 15) is 0 Å². The van der Waals surface area contributed by atoms with E-state index >= 15 is 0 Å². The summed E-state index contributed by atoms with van der Waals surface area (Å²) in [6.45, 7) is 0. The molecule has 3 heterocycles. The summed E-state index contributed by atoms with van der Waals surface area (Å²) < 4.78 is 12.9. The molecule has 0 aliphatic rings. The van der Waals surface area contributed by atoms with E-state index in [0.29, 0.717) is 17.5 Å². The van der Waals surface area contributed by atoms with Crippen LogP contribution in [-0.4, -0.2) is 15.0 Å². The van der Waals surface area contributed by atoms with E-state index in [2.05, 4.69) is 115 Å². The van der Waals surface area contributed by atoms with Gasteiger partial charge in [0, 0.05) is 43.6 Å². The molecule has 5 heteroatoms. The number of hydrogen-bond acceptors (Lipinski definition) is 5. The highest BCUT2D eigenvalue weighted by molar-refractivity contribution is 6.22. The molecule has 252 valence electrons. The molecule has 11 aromatic rings. The standard InChI is InChI=1S/C49H29N3O2/c1-3-13-30(14-4-1)39-29-40-44-34(20-11-24-43(44)54-46(40)36-18-8-7-17-35(36)39)31-25-27-33(28-26-31)48-50-47(32-15-5-2-6-16-32)51-49(52-48)38-21-12-23-42-45(38)37-19-9-10-22-41(37)53-42/h1-29H. The van der Waals surface area contributed by atoms with Crippen LogP contribution in [-0.2, 0) is 0 Å². The van der Waals surface area contributed by atoms with Crippen LogP contribution in [0.3, 0.4) is 0 Å². The summed E-state index contributed by atoms with van der Waals surface area (Å²) in [5, 5.41) is 6.48. The molecular formula is C49H29N3O2. The van der Waals surface area contributed by atoms with Crippen molar-refractivity contribution in [2.75, 3.05) is 0 Å². The Kier molecular flexibility index (Phi) is 6.79. The molecule has 0 saturated heterocycles. The van der Waals surface area contributed by atoms with Gasteiger partial charge in [-0.15, -0.1) is 0 Å². The number of rotatable bonds is 5. The summed E-state index contributed by atoms with van der Waals surface area (Å²) in [6.07, 6.45) is 0. The van der Waals surface area contributed by atoms with Crippen molar-refractivity contribution in [2.45, 2.75) is 0 Å². The first-order valence-electron chi connectivity index (χ1n) is 18.0.